The maximum absolute atomic E-state index is 13.2. The molecule has 2 rings (SSSR count). The number of halogens is 1. The van der Waals surface area contributed by atoms with Crippen molar-refractivity contribution in [1.82, 2.24) is 0 Å². The van der Waals surface area contributed by atoms with Gasteiger partial charge in [0.1, 0.15) is 5.82 Å². The Morgan fingerprint density at radius 1 is 1.12 bits per heavy atom. The Kier molecular flexibility index (Phi) is 2.96. The fourth-order valence-electron chi connectivity index (χ4n) is 1.31. The smallest absolute Gasteiger partial charge is 0.258 e. The predicted octanol–water partition coefficient (Wildman–Crippen LogP) is 2.88. The van der Waals surface area contributed by atoms with Gasteiger partial charge in [0.05, 0.1) is 5.56 Å². The van der Waals surface area contributed by atoms with Crippen molar-refractivity contribution in [2.45, 2.75) is 0 Å². The van der Waals surface area contributed by atoms with Gasteiger partial charge in [-0.05, 0) is 18.2 Å². The van der Waals surface area contributed by atoms with E-state index in [9.17, 15) is 9.18 Å². The van der Waals surface area contributed by atoms with Crippen LogP contribution in [0.25, 0.3) is 0 Å². The average molecular weight is 214 g/mol. The summed E-state index contributed by atoms with van der Waals surface area (Å²) in [6.07, 6.45) is 0. The number of carbonyl (C=O) groups is 1. The van der Waals surface area contributed by atoms with Gasteiger partial charge in [-0.2, -0.15) is 0 Å². The van der Waals surface area contributed by atoms with Crippen LogP contribution in [0.2, 0.25) is 0 Å². The van der Waals surface area contributed by atoms with Gasteiger partial charge in [0.15, 0.2) is 0 Å². The highest BCUT2D eigenvalue weighted by Crippen LogP contribution is 2.10. The number of amides is 1. The Bertz CT molecular complexity index is 496. The number of nitrogens with one attached hydrogen (secondary N) is 1. The van der Waals surface area contributed by atoms with E-state index in [0.29, 0.717) is 5.69 Å². The molecule has 16 heavy (non-hydrogen) atoms. The lowest BCUT2D eigenvalue weighted by Crippen LogP contribution is -2.13. The van der Waals surface area contributed by atoms with Crippen molar-refractivity contribution in [2.24, 2.45) is 0 Å². The maximum atomic E-state index is 13.2. The van der Waals surface area contributed by atoms with Crippen LogP contribution in [-0.2, 0) is 0 Å². The van der Waals surface area contributed by atoms with Crippen LogP contribution in [0.4, 0.5) is 10.1 Å². The highest BCUT2D eigenvalue weighted by atomic mass is 19.1. The molecule has 1 radical (unpaired) electrons. The molecule has 0 aromatic heterocycles. The topological polar surface area (TPSA) is 29.1 Å². The van der Waals surface area contributed by atoms with Gasteiger partial charge in [0.25, 0.3) is 5.91 Å². The van der Waals surface area contributed by atoms with E-state index in [1.165, 1.54) is 12.1 Å². The SMILES string of the molecule is O=C(Nc1ccccc1)c1ccc[c]c1F. The van der Waals surface area contributed by atoms with Crippen LogP contribution in [-0.4, -0.2) is 5.91 Å². The molecule has 0 saturated heterocycles. The second-order valence-electron chi connectivity index (χ2n) is 3.22. The largest absolute Gasteiger partial charge is 0.322 e. The Hall–Kier alpha value is -2.16. The minimum absolute atomic E-state index is 0.00801. The third kappa shape index (κ3) is 2.25. The zero-order chi connectivity index (χ0) is 11.4. The molecule has 2 aromatic rings. The highest BCUT2D eigenvalue weighted by molar-refractivity contribution is 6.04. The highest BCUT2D eigenvalue weighted by Gasteiger charge is 2.10. The zero-order valence-corrected chi connectivity index (χ0v) is 8.41. The van der Waals surface area contributed by atoms with Gasteiger partial charge in [0.2, 0.25) is 0 Å². The van der Waals surface area contributed by atoms with Crippen molar-refractivity contribution in [2.75, 3.05) is 5.32 Å². The summed E-state index contributed by atoms with van der Waals surface area (Å²) >= 11 is 0. The molecule has 0 unspecified atom stereocenters. The van der Waals surface area contributed by atoms with Crippen LogP contribution in [0.15, 0.2) is 48.5 Å². The van der Waals surface area contributed by atoms with Gasteiger partial charge < -0.3 is 5.32 Å². The van der Waals surface area contributed by atoms with E-state index in [1.807, 2.05) is 6.07 Å². The lowest BCUT2D eigenvalue weighted by molar-refractivity contribution is 0.102. The molecular weight excluding hydrogens is 205 g/mol. The summed E-state index contributed by atoms with van der Waals surface area (Å²) in [6.45, 7) is 0. The summed E-state index contributed by atoms with van der Waals surface area (Å²) in [6, 6.07) is 15.7. The molecule has 0 fully saturated rings. The minimum Gasteiger partial charge on any atom is -0.322 e. The van der Waals surface area contributed by atoms with Crippen LogP contribution >= 0.6 is 0 Å². The van der Waals surface area contributed by atoms with Gasteiger partial charge in [-0.3, -0.25) is 4.79 Å². The number of anilines is 1. The number of hydrogen-bond acceptors (Lipinski definition) is 1. The first-order chi connectivity index (χ1) is 7.77. The second-order valence-corrected chi connectivity index (χ2v) is 3.22. The van der Waals surface area contributed by atoms with Crippen molar-refractivity contribution in [3.8, 4) is 0 Å². The van der Waals surface area contributed by atoms with Crippen LogP contribution in [0.5, 0.6) is 0 Å². The second kappa shape index (κ2) is 4.57. The van der Waals surface area contributed by atoms with Crippen molar-refractivity contribution >= 4 is 11.6 Å². The molecule has 0 aliphatic heterocycles. The van der Waals surface area contributed by atoms with Crippen molar-refractivity contribution in [3.63, 3.8) is 0 Å². The average Bonchev–Trinajstić information content (AvgIpc) is 2.31. The number of carbonyl (C=O) groups excluding carboxylic acids is 1. The lowest BCUT2D eigenvalue weighted by atomic mass is 10.2. The molecule has 2 nitrogen and oxygen atoms in total. The first kappa shape index (κ1) is 10.4. The third-order valence-corrected chi connectivity index (χ3v) is 2.08. The van der Waals surface area contributed by atoms with E-state index in [2.05, 4.69) is 11.4 Å². The predicted molar refractivity (Wildman–Crippen MR) is 59.6 cm³/mol. The van der Waals surface area contributed by atoms with E-state index < -0.39 is 11.7 Å². The Labute approximate surface area is 92.7 Å². The maximum Gasteiger partial charge on any atom is 0.258 e. The lowest BCUT2D eigenvalue weighted by Gasteiger charge is -2.05. The van der Waals surface area contributed by atoms with Gasteiger partial charge in [-0.15, -0.1) is 0 Å². The first-order valence-corrected chi connectivity index (χ1v) is 4.80. The molecule has 3 heteroatoms. The summed E-state index contributed by atoms with van der Waals surface area (Å²) in [4.78, 5) is 11.7. The fourth-order valence-corrected chi connectivity index (χ4v) is 1.31. The molecule has 1 amide bonds. The molecule has 0 aliphatic rings. The Balaban J connectivity index is 2.19. The number of hydrogen-bond donors (Lipinski definition) is 1. The third-order valence-electron chi connectivity index (χ3n) is 2.08. The van der Waals surface area contributed by atoms with E-state index >= 15 is 0 Å². The zero-order valence-electron chi connectivity index (χ0n) is 8.41. The summed E-state index contributed by atoms with van der Waals surface area (Å²) < 4.78 is 13.2. The number of para-hydroxylation sites is 1. The van der Waals surface area contributed by atoms with Gasteiger partial charge in [-0.1, -0.05) is 30.3 Å². The molecule has 0 heterocycles. The normalized spacial score (nSPS) is 9.81. The minimum atomic E-state index is -0.643. The standard InChI is InChI=1S/C13H9FNO/c14-12-9-5-4-8-11(12)13(16)15-10-6-2-1-3-7-10/h1-8H,(H,15,16). The molecule has 0 bridgehead atoms. The molecule has 2 aromatic carbocycles. The molecule has 0 aliphatic carbocycles. The fraction of sp³-hybridized carbons (Fsp3) is 0. The quantitative estimate of drug-likeness (QED) is 0.818. The van der Waals surface area contributed by atoms with Gasteiger partial charge in [0, 0.05) is 11.8 Å². The summed E-state index contributed by atoms with van der Waals surface area (Å²) in [5.41, 5.74) is 0.627. The monoisotopic (exact) mass is 214 g/mol. The summed E-state index contributed by atoms with van der Waals surface area (Å²) in [5, 5.41) is 2.60. The Morgan fingerprint density at radius 2 is 1.88 bits per heavy atom. The van der Waals surface area contributed by atoms with Gasteiger partial charge >= 0.3 is 0 Å². The van der Waals surface area contributed by atoms with E-state index in [1.54, 1.807) is 30.3 Å². The van der Waals surface area contributed by atoms with E-state index in [-0.39, 0.29) is 5.56 Å². The summed E-state index contributed by atoms with van der Waals surface area (Å²) in [7, 11) is 0. The van der Waals surface area contributed by atoms with Crippen molar-refractivity contribution in [1.29, 1.82) is 0 Å². The van der Waals surface area contributed by atoms with E-state index in [0.717, 1.165) is 0 Å². The van der Waals surface area contributed by atoms with Crippen LogP contribution in [0.3, 0.4) is 0 Å². The van der Waals surface area contributed by atoms with Crippen LogP contribution < -0.4 is 5.32 Å². The van der Waals surface area contributed by atoms with Crippen molar-refractivity contribution in [3.05, 3.63) is 66.0 Å². The van der Waals surface area contributed by atoms with Crippen molar-refractivity contribution < 1.29 is 9.18 Å². The molecule has 79 valence electrons. The molecule has 0 saturated carbocycles. The van der Waals surface area contributed by atoms with Gasteiger partial charge in [-0.25, -0.2) is 4.39 Å². The van der Waals surface area contributed by atoms with Crippen LogP contribution in [0, 0.1) is 11.9 Å². The van der Waals surface area contributed by atoms with Crippen LogP contribution in [0.1, 0.15) is 10.4 Å². The molecular formula is C13H9FNO. The molecule has 0 spiro atoms. The molecule has 0 atom stereocenters. The first-order valence-electron chi connectivity index (χ1n) is 4.80. The Morgan fingerprint density at radius 3 is 2.56 bits per heavy atom. The number of rotatable bonds is 2. The molecule has 1 N–H and O–H groups in total. The number of benzene rings is 2. The summed E-state index contributed by atoms with van der Waals surface area (Å²) in [5.74, 6) is -1.11. The van der Waals surface area contributed by atoms with E-state index in [4.69, 9.17) is 0 Å².